The maximum Gasteiger partial charge on any atom is 0.412 e. The van der Waals surface area contributed by atoms with Crippen LogP contribution in [0.25, 0.3) is 22.6 Å². The molecule has 8 heteroatoms. The number of hydrogen-bond donors (Lipinski definition) is 1. The Balaban J connectivity index is 1.55. The number of methoxy groups -OCH3 is 1. The van der Waals surface area contributed by atoms with Crippen LogP contribution in [-0.4, -0.2) is 34.4 Å². The molecule has 0 aliphatic heterocycles. The number of hydrogen-bond acceptors (Lipinski definition) is 7. The Bertz CT molecular complexity index is 969. The molecule has 0 saturated heterocycles. The molecule has 2 heterocycles. The first-order chi connectivity index (χ1) is 14.2. The summed E-state index contributed by atoms with van der Waals surface area (Å²) in [5.74, 6) is 1.35. The molecule has 1 aliphatic carbocycles. The van der Waals surface area contributed by atoms with Gasteiger partial charge in [-0.2, -0.15) is 0 Å². The molecule has 1 aromatic carbocycles. The van der Waals surface area contributed by atoms with Gasteiger partial charge in [0.25, 0.3) is 0 Å². The number of benzene rings is 1. The molecular formula is C21H22N4O4. The van der Waals surface area contributed by atoms with E-state index in [0.717, 1.165) is 36.8 Å². The van der Waals surface area contributed by atoms with E-state index in [0.29, 0.717) is 23.0 Å². The van der Waals surface area contributed by atoms with Gasteiger partial charge in [-0.25, -0.2) is 4.79 Å². The molecule has 150 valence electrons. The molecule has 1 amide bonds. The van der Waals surface area contributed by atoms with Crippen molar-refractivity contribution in [3.8, 4) is 34.1 Å². The zero-order valence-corrected chi connectivity index (χ0v) is 16.1. The first-order valence-electron chi connectivity index (χ1n) is 9.60. The predicted octanol–water partition coefficient (Wildman–Crippen LogP) is 4.23. The number of rotatable bonds is 5. The van der Waals surface area contributed by atoms with Crippen LogP contribution in [0.15, 0.2) is 47.5 Å². The average Bonchev–Trinajstić information content (AvgIpc) is 3.29. The summed E-state index contributed by atoms with van der Waals surface area (Å²) in [6, 6.07) is 7.36. The molecule has 0 atom stereocenters. The Morgan fingerprint density at radius 2 is 1.83 bits per heavy atom. The van der Waals surface area contributed by atoms with Crippen molar-refractivity contribution >= 4 is 6.09 Å². The molecule has 0 radical (unpaired) electrons. The summed E-state index contributed by atoms with van der Waals surface area (Å²) in [5.41, 5.74) is 2.29. The standard InChI is InChI=1S/C21H22N4O4/c1-27-18-8-14(15-7-16(12-22-11-15)20-25-23-13-28-20)9-19(10-18)29-21(26)24-17-5-3-2-4-6-17/h7-13,17H,2-6H2,1H3,(H,24,26). The van der Waals surface area contributed by atoms with Crippen LogP contribution in [0.1, 0.15) is 32.1 Å². The monoisotopic (exact) mass is 394 g/mol. The second-order valence-corrected chi connectivity index (χ2v) is 6.97. The van der Waals surface area contributed by atoms with Crippen molar-refractivity contribution in [3.05, 3.63) is 43.1 Å². The van der Waals surface area contributed by atoms with Gasteiger partial charge >= 0.3 is 6.09 Å². The van der Waals surface area contributed by atoms with E-state index < -0.39 is 6.09 Å². The fourth-order valence-electron chi connectivity index (χ4n) is 3.48. The Labute approximate surface area is 168 Å². The van der Waals surface area contributed by atoms with E-state index in [2.05, 4.69) is 20.5 Å². The zero-order chi connectivity index (χ0) is 20.1. The summed E-state index contributed by atoms with van der Waals surface area (Å²) >= 11 is 0. The molecule has 4 rings (SSSR count). The van der Waals surface area contributed by atoms with Crippen LogP contribution in [0, 0.1) is 0 Å². The highest BCUT2D eigenvalue weighted by atomic mass is 16.6. The van der Waals surface area contributed by atoms with Gasteiger partial charge in [0.2, 0.25) is 12.3 Å². The number of nitrogens with zero attached hydrogens (tertiary/aromatic N) is 3. The van der Waals surface area contributed by atoms with Crippen molar-refractivity contribution in [1.29, 1.82) is 0 Å². The van der Waals surface area contributed by atoms with Crippen molar-refractivity contribution < 1.29 is 18.7 Å². The second-order valence-electron chi connectivity index (χ2n) is 6.97. The lowest BCUT2D eigenvalue weighted by Gasteiger charge is -2.22. The van der Waals surface area contributed by atoms with Crippen molar-refractivity contribution in [2.75, 3.05) is 7.11 Å². The zero-order valence-electron chi connectivity index (χ0n) is 16.1. The van der Waals surface area contributed by atoms with Gasteiger partial charge in [-0.15, -0.1) is 10.2 Å². The van der Waals surface area contributed by atoms with Crippen molar-refractivity contribution in [2.24, 2.45) is 0 Å². The van der Waals surface area contributed by atoms with E-state index >= 15 is 0 Å². The summed E-state index contributed by atoms with van der Waals surface area (Å²) in [6.07, 6.45) is 9.66. The number of carbonyl (C=O) groups excluding carboxylic acids is 1. The van der Waals surface area contributed by atoms with E-state index in [1.807, 2.05) is 12.1 Å². The maximum atomic E-state index is 12.3. The molecule has 1 fully saturated rings. The molecule has 1 saturated carbocycles. The molecule has 0 bridgehead atoms. The van der Waals surface area contributed by atoms with Gasteiger partial charge in [0.1, 0.15) is 11.5 Å². The van der Waals surface area contributed by atoms with Gasteiger partial charge in [0.15, 0.2) is 0 Å². The molecule has 3 aromatic rings. The van der Waals surface area contributed by atoms with Gasteiger partial charge < -0.3 is 19.2 Å². The molecule has 2 aromatic heterocycles. The number of aromatic nitrogens is 3. The fourth-order valence-corrected chi connectivity index (χ4v) is 3.48. The lowest BCUT2D eigenvalue weighted by molar-refractivity contribution is 0.192. The van der Waals surface area contributed by atoms with Crippen LogP contribution in [0.2, 0.25) is 0 Å². The summed E-state index contributed by atoms with van der Waals surface area (Å²) < 4.78 is 16.2. The number of pyridine rings is 1. The van der Waals surface area contributed by atoms with Gasteiger partial charge in [-0.3, -0.25) is 4.98 Å². The number of amides is 1. The molecule has 1 aliphatic rings. The average molecular weight is 394 g/mol. The van der Waals surface area contributed by atoms with Gasteiger partial charge in [-0.1, -0.05) is 19.3 Å². The van der Waals surface area contributed by atoms with Crippen LogP contribution < -0.4 is 14.8 Å². The normalized spacial score (nSPS) is 14.4. The van der Waals surface area contributed by atoms with Gasteiger partial charge in [-0.05, 0) is 36.6 Å². The highest BCUT2D eigenvalue weighted by Crippen LogP contribution is 2.31. The molecular weight excluding hydrogens is 372 g/mol. The third-order valence-electron chi connectivity index (χ3n) is 4.93. The first-order valence-corrected chi connectivity index (χ1v) is 9.60. The highest BCUT2D eigenvalue weighted by Gasteiger charge is 2.17. The van der Waals surface area contributed by atoms with Gasteiger partial charge in [0, 0.05) is 30.1 Å². The summed E-state index contributed by atoms with van der Waals surface area (Å²) in [6.45, 7) is 0. The smallest absolute Gasteiger partial charge is 0.412 e. The Morgan fingerprint density at radius 1 is 1.03 bits per heavy atom. The quantitative estimate of drug-likeness (QED) is 0.691. The predicted molar refractivity (Wildman–Crippen MR) is 106 cm³/mol. The minimum absolute atomic E-state index is 0.177. The molecule has 1 N–H and O–H groups in total. The lowest BCUT2D eigenvalue weighted by Crippen LogP contribution is -2.38. The highest BCUT2D eigenvalue weighted by molar-refractivity contribution is 5.74. The molecule has 29 heavy (non-hydrogen) atoms. The molecule has 0 spiro atoms. The third kappa shape index (κ3) is 4.71. The molecule has 8 nitrogen and oxygen atoms in total. The topological polar surface area (TPSA) is 99.4 Å². The van der Waals surface area contributed by atoms with E-state index in [1.54, 1.807) is 31.6 Å². The van der Waals surface area contributed by atoms with E-state index in [4.69, 9.17) is 13.9 Å². The number of ether oxygens (including phenoxy) is 2. The van der Waals surface area contributed by atoms with E-state index in [1.165, 1.54) is 12.8 Å². The van der Waals surface area contributed by atoms with Crippen LogP contribution in [0.5, 0.6) is 11.5 Å². The molecule has 0 unspecified atom stereocenters. The second kappa shape index (κ2) is 8.72. The van der Waals surface area contributed by atoms with Gasteiger partial charge in [0.05, 0.1) is 12.7 Å². The van der Waals surface area contributed by atoms with E-state index in [-0.39, 0.29) is 6.04 Å². The van der Waals surface area contributed by atoms with Crippen LogP contribution in [0.4, 0.5) is 4.79 Å². The third-order valence-corrected chi connectivity index (χ3v) is 4.93. The van der Waals surface area contributed by atoms with Crippen molar-refractivity contribution in [2.45, 2.75) is 38.1 Å². The minimum Gasteiger partial charge on any atom is -0.497 e. The Hall–Kier alpha value is -3.42. The maximum absolute atomic E-state index is 12.3. The summed E-state index contributed by atoms with van der Waals surface area (Å²) in [4.78, 5) is 16.6. The number of nitrogens with one attached hydrogen (secondary N) is 1. The van der Waals surface area contributed by atoms with Crippen LogP contribution in [-0.2, 0) is 0 Å². The summed E-state index contributed by atoms with van der Waals surface area (Å²) in [7, 11) is 1.57. The van der Waals surface area contributed by atoms with E-state index in [9.17, 15) is 4.79 Å². The van der Waals surface area contributed by atoms with Crippen molar-refractivity contribution in [3.63, 3.8) is 0 Å². The van der Waals surface area contributed by atoms with Crippen LogP contribution in [0.3, 0.4) is 0 Å². The number of carbonyl (C=O) groups is 1. The SMILES string of the molecule is COc1cc(OC(=O)NC2CCCCC2)cc(-c2cncc(-c3nnco3)c2)c1. The van der Waals surface area contributed by atoms with Crippen LogP contribution >= 0.6 is 0 Å². The van der Waals surface area contributed by atoms with Crippen molar-refractivity contribution in [1.82, 2.24) is 20.5 Å². The Kier molecular flexibility index (Phi) is 5.69. The summed E-state index contributed by atoms with van der Waals surface area (Å²) in [5, 5.41) is 10.6. The lowest BCUT2D eigenvalue weighted by atomic mass is 9.96. The minimum atomic E-state index is -0.450. The first kappa shape index (κ1) is 18.9. The largest absolute Gasteiger partial charge is 0.497 e. The Morgan fingerprint density at radius 3 is 2.59 bits per heavy atom. The fraction of sp³-hybridized carbons (Fsp3) is 0.333.